The number of aryl methyl sites for hydroxylation is 2. The fourth-order valence-corrected chi connectivity index (χ4v) is 3.49. The van der Waals surface area contributed by atoms with Crippen LogP contribution in [0.2, 0.25) is 0 Å². The smallest absolute Gasteiger partial charge is 0.322 e. The van der Waals surface area contributed by atoms with Gasteiger partial charge in [-0.05, 0) is 32.8 Å². The fourth-order valence-electron chi connectivity index (χ4n) is 3.49. The van der Waals surface area contributed by atoms with Crippen molar-refractivity contribution in [3.63, 3.8) is 0 Å². The van der Waals surface area contributed by atoms with Gasteiger partial charge in [0.15, 0.2) is 5.76 Å². The van der Waals surface area contributed by atoms with Crippen molar-refractivity contribution in [2.75, 3.05) is 6.54 Å². The number of hydrogen-bond acceptors (Lipinski definition) is 4. The van der Waals surface area contributed by atoms with Gasteiger partial charge < -0.3 is 15.1 Å². The van der Waals surface area contributed by atoms with Crippen molar-refractivity contribution in [3.8, 4) is 0 Å². The second-order valence-corrected chi connectivity index (χ2v) is 6.05. The highest BCUT2D eigenvalue weighted by atomic mass is 16.3. The van der Waals surface area contributed by atoms with Crippen molar-refractivity contribution in [2.24, 2.45) is 5.92 Å². The Kier molecular flexibility index (Phi) is 3.42. The van der Waals surface area contributed by atoms with Crippen molar-refractivity contribution in [1.82, 2.24) is 16.0 Å². The summed E-state index contributed by atoms with van der Waals surface area (Å²) in [7, 11) is 0. The molecule has 22 heavy (non-hydrogen) atoms. The number of hydrogen-bond donors (Lipinski definition) is 3. The molecule has 0 unspecified atom stereocenters. The molecule has 2 fully saturated rings. The number of furan rings is 1. The lowest BCUT2D eigenvalue weighted by molar-refractivity contribution is -0.125. The summed E-state index contributed by atoms with van der Waals surface area (Å²) >= 11 is 0. The van der Waals surface area contributed by atoms with Crippen molar-refractivity contribution in [3.05, 3.63) is 23.2 Å². The first kappa shape index (κ1) is 14.6. The molecular weight excluding hydrogens is 286 g/mol. The van der Waals surface area contributed by atoms with Gasteiger partial charge in [0.1, 0.15) is 11.3 Å². The van der Waals surface area contributed by atoms with E-state index in [0.717, 1.165) is 18.4 Å². The van der Waals surface area contributed by atoms with Crippen LogP contribution in [0.3, 0.4) is 0 Å². The van der Waals surface area contributed by atoms with Crippen LogP contribution in [-0.2, 0) is 4.79 Å². The number of amides is 4. The Morgan fingerprint density at radius 1 is 1.45 bits per heavy atom. The van der Waals surface area contributed by atoms with Crippen LogP contribution in [0.1, 0.15) is 41.1 Å². The van der Waals surface area contributed by atoms with Gasteiger partial charge in [-0.3, -0.25) is 14.9 Å². The minimum absolute atomic E-state index is 0.112. The molecule has 7 nitrogen and oxygen atoms in total. The topological polar surface area (TPSA) is 100 Å². The SMILES string of the molecule is Cc1cc(C)c(C(=O)NC[C@H]2CCC[C@]23NC(=O)NC3=O)o1. The van der Waals surface area contributed by atoms with Gasteiger partial charge in [-0.25, -0.2) is 4.79 Å². The Balaban J connectivity index is 1.68. The van der Waals surface area contributed by atoms with Crippen LogP contribution in [-0.4, -0.2) is 29.9 Å². The van der Waals surface area contributed by atoms with Crippen LogP contribution in [0.25, 0.3) is 0 Å². The molecular formula is C15H19N3O4. The molecule has 1 aromatic heterocycles. The normalized spacial score (nSPS) is 27.1. The lowest BCUT2D eigenvalue weighted by atomic mass is 9.87. The number of carbonyl (C=O) groups excluding carboxylic acids is 3. The van der Waals surface area contributed by atoms with E-state index in [1.807, 2.05) is 6.92 Å². The summed E-state index contributed by atoms with van der Waals surface area (Å²) in [4.78, 5) is 35.7. The highest BCUT2D eigenvalue weighted by Gasteiger charge is 2.54. The molecule has 1 spiro atoms. The van der Waals surface area contributed by atoms with Crippen LogP contribution < -0.4 is 16.0 Å². The van der Waals surface area contributed by atoms with Crippen LogP contribution in [0.4, 0.5) is 4.79 Å². The molecule has 1 saturated carbocycles. The van der Waals surface area contributed by atoms with Gasteiger partial charge in [0.2, 0.25) is 0 Å². The monoisotopic (exact) mass is 305 g/mol. The lowest BCUT2D eigenvalue weighted by Crippen LogP contribution is -2.53. The van der Waals surface area contributed by atoms with Gasteiger partial charge in [-0.15, -0.1) is 0 Å². The maximum absolute atomic E-state index is 12.2. The maximum atomic E-state index is 12.2. The van der Waals surface area contributed by atoms with E-state index < -0.39 is 11.6 Å². The van der Waals surface area contributed by atoms with Gasteiger partial charge >= 0.3 is 6.03 Å². The zero-order valence-corrected chi connectivity index (χ0v) is 12.6. The largest absolute Gasteiger partial charge is 0.456 e. The molecule has 1 aliphatic carbocycles. The number of nitrogens with one attached hydrogen (secondary N) is 3. The Morgan fingerprint density at radius 3 is 2.82 bits per heavy atom. The summed E-state index contributed by atoms with van der Waals surface area (Å²) in [5.74, 6) is 0.280. The van der Waals surface area contributed by atoms with Crippen LogP contribution in [0.15, 0.2) is 10.5 Å². The molecule has 2 heterocycles. The minimum atomic E-state index is -0.876. The summed E-state index contributed by atoms with van der Waals surface area (Å²) in [6.45, 7) is 3.92. The molecule has 1 saturated heterocycles. The van der Waals surface area contributed by atoms with Crippen molar-refractivity contribution in [1.29, 1.82) is 0 Å². The zero-order valence-electron chi connectivity index (χ0n) is 12.6. The molecule has 1 aliphatic heterocycles. The zero-order chi connectivity index (χ0) is 15.9. The van der Waals surface area contributed by atoms with Gasteiger partial charge in [0, 0.05) is 18.0 Å². The van der Waals surface area contributed by atoms with E-state index in [0.29, 0.717) is 24.5 Å². The highest BCUT2D eigenvalue weighted by Crippen LogP contribution is 2.37. The molecule has 3 rings (SSSR count). The summed E-state index contributed by atoms with van der Waals surface area (Å²) < 4.78 is 5.39. The molecule has 0 aromatic carbocycles. The van der Waals surface area contributed by atoms with Crippen LogP contribution >= 0.6 is 0 Å². The van der Waals surface area contributed by atoms with Crippen molar-refractivity contribution in [2.45, 2.75) is 38.6 Å². The second-order valence-electron chi connectivity index (χ2n) is 6.05. The maximum Gasteiger partial charge on any atom is 0.322 e. The van der Waals surface area contributed by atoms with Gasteiger partial charge in [-0.1, -0.05) is 6.42 Å². The van der Waals surface area contributed by atoms with Gasteiger partial charge in [0.25, 0.3) is 11.8 Å². The first-order chi connectivity index (χ1) is 10.4. The third kappa shape index (κ3) is 2.26. The third-order valence-electron chi connectivity index (χ3n) is 4.55. The number of carbonyl (C=O) groups is 3. The molecule has 3 N–H and O–H groups in total. The predicted octanol–water partition coefficient (Wildman–Crippen LogP) is 1.00. The number of urea groups is 1. The Morgan fingerprint density at radius 2 is 2.23 bits per heavy atom. The first-order valence-electron chi connectivity index (χ1n) is 7.41. The Bertz CT molecular complexity index is 651. The van der Waals surface area contributed by atoms with E-state index in [2.05, 4.69) is 16.0 Å². The summed E-state index contributed by atoms with van der Waals surface area (Å²) in [6.07, 6.45) is 2.22. The molecule has 0 radical (unpaired) electrons. The lowest BCUT2D eigenvalue weighted by Gasteiger charge is -2.28. The molecule has 2 aliphatic rings. The van der Waals surface area contributed by atoms with E-state index in [1.165, 1.54) is 0 Å². The predicted molar refractivity (Wildman–Crippen MR) is 77.3 cm³/mol. The van der Waals surface area contributed by atoms with E-state index in [1.54, 1.807) is 13.0 Å². The fraction of sp³-hybridized carbons (Fsp3) is 0.533. The van der Waals surface area contributed by atoms with Crippen molar-refractivity contribution < 1.29 is 18.8 Å². The van der Waals surface area contributed by atoms with Gasteiger partial charge in [-0.2, -0.15) is 0 Å². The Hall–Kier alpha value is -2.31. The third-order valence-corrected chi connectivity index (χ3v) is 4.55. The number of rotatable bonds is 3. The van der Waals surface area contributed by atoms with E-state index >= 15 is 0 Å². The van der Waals surface area contributed by atoms with Gasteiger partial charge in [0.05, 0.1) is 0 Å². The standard InChI is InChI=1S/C15H19N3O4/c1-8-6-9(2)22-11(8)12(19)16-7-10-4-3-5-15(10)13(20)17-14(21)18-15/h6,10H,3-5,7H2,1-2H3,(H,16,19)(H2,17,18,20,21)/t10-,15+/m1/s1. The quantitative estimate of drug-likeness (QED) is 0.725. The summed E-state index contributed by atoms with van der Waals surface area (Å²) in [5.41, 5.74) is -0.0959. The second kappa shape index (κ2) is 5.15. The highest BCUT2D eigenvalue weighted by molar-refractivity contribution is 6.07. The summed E-state index contributed by atoms with van der Waals surface area (Å²) in [5, 5.41) is 7.84. The molecule has 4 amide bonds. The number of imide groups is 1. The molecule has 1 aromatic rings. The summed E-state index contributed by atoms with van der Waals surface area (Å²) in [6, 6.07) is 1.34. The van der Waals surface area contributed by atoms with E-state index in [9.17, 15) is 14.4 Å². The average Bonchev–Trinajstić information content (AvgIpc) is 3.08. The van der Waals surface area contributed by atoms with E-state index in [-0.39, 0.29) is 17.7 Å². The minimum Gasteiger partial charge on any atom is -0.456 e. The van der Waals surface area contributed by atoms with Crippen LogP contribution in [0.5, 0.6) is 0 Å². The molecule has 118 valence electrons. The molecule has 7 heteroatoms. The average molecular weight is 305 g/mol. The van der Waals surface area contributed by atoms with E-state index in [4.69, 9.17) is 4.42 Å². The van der Waals surface area contributed by atoms with Crippen LogP contribution in [0, 0.1) is 19.8 Å². The first-order valence-corrected chi connectivity index (χ1v) is 7.41. The molecule has 2 atom stereocenters. The Labute approximate surface area is 127 Å². The van der Waals surface area contributed by atoms with Crippen molar-refractivity contribution >= 4 is 17.8 Å². The molecule has 0 bridgehead atoms.